The fourth-order valence-electron chi connectivity index (χ4n) is 11.7. The Morgan fingerprint density at radius 2 is 1.51 bits per heavy atom. The number of amides is 3. The first-order valence-corrected chi connectivity index (χ1v) is 25.5. The minimum Gasteiger partial charge on any atom is -0.491 e. The van der Waals surface area contributed by atoms with E-state index in [9.17, 15) is 15.2 Å². The van der Waals surface area contributed by atoms with Crippen LogP contribution in [-0.4, -0.2) is 99.1 Å². The number of rotatable bonds is 11. The summed E-state index contributed by atoms with van der Waals surface area (Å²) in [5.74, 6) is 4.07. The molecule has 5 heterocycles. The zero-order chi connectivity index (χ0) is 52.3. The molecule has 6 aromatic rings. The molecule has 0 radical (unpaired) electrons. The molecule has 1 aromatic heterocycles. The summed E-state index contributed by atoms with van der Waals surface area (Å²) in [6.45, 7) is 0.493. The van der Waals surface area contributed by atoms with Gasteiger partial charge in [-0.2, -0.15) is 0 Å². The van der Waals surface area contributed by atoms with Crippen LogP contribution in [0.5, 0.6) is 5.75 Å². The number of nitro groups is 1. The third kappa shape index (κ3) is 9.09. The third-order valence-corrected chi connectivity index (χ3v) is 15.1. The summed E-state index contributed by atoms with van der Waals surface area (Å²) in [5, 5.41) is 21.2. The minimum absolute atomic E-state index is 0.0192. The molecule has 17 nitrogen and oxygen atoms in total. The third-order valence-electron chi connectivity index (χ3n) is 15.1. The van der Waals surface area contributed by atoms with Crippen molar-refractivity contribution < 1.29 is 43.4 Å². The fraction of sp³-hybridized carbons (Fsp3) is 0.288. The number of piperazine rings is 1. The maximum absolute atomic E-state index is 16.8. The SMILES string of the molecule is O=C1OC(c2ccccc2)C(c2ccccc2)N2C1C(C(=O)N1CCN(c3ncccn3)CC1)C1(C(=O)N(C(=O)OCc3ccc([N+](=O)[O-])cc3)c3ccc(C#CC4=CCCCC4)cc31)C2c1ccc(OCCO)cc1. The van der Waals surface area contributed by atoms with E-state index in [1.807, 2.05) is 70.5 Å². The Balaban J connectivity index is 1.14. The maximum Gasteiger partial charge on any atom is 0.421 e. The van der Waals surface area contributed by atoms with Gasteiger partial charge in [-0.15, -0.1) is 0 Å². The molecule has 1 spiro atoms. The van der Waals surface area contributed by atoms with Crippen molar-refractivity contribution in [2.45, 2.75) is 61.9 Å². The van der Waals surface area contributed by atoms with E-state index in [4.69, 9.17) is 14.2 Å². The minimum atomic E-state index is -2.07. The van der Waals surface area contributed by atoms with E-state index in [1.54, 1.807) is 65.8 Å². The summed E-state index contributed by atoms with van der Waals surface area (Å²) in [6, 6.07) is 34.9. The molecule has 3 fully saturated rings. The smallest absolute Gasteiger partial charge is 0.421 e. The number of anilines is 2. The van der Waals surface area contributed by atoms with Crippen molar-refractivity contribution in [3.63, 3.8) is 0 Å². The van der Waals surface area contributed by atoms with Crippen molar-refractivity contribution in [1.29, 1.82) is 0 Å². The molecule has 1 aliphatic carbocycles. The molecule has 5 aliphatic rings. The first kappa shape index (κ1) is 49.5. The van der Waals surface area contributed by atoms with Gasteiger partial charge in [0.2, 0.25) is 17.8 Å². The lowest BCUT2D eigenvalue weighted by molar-refractivity contribution is -0.384. The van der Waals surface area contributed by atoms with Crippen LogP contribution in [0.4, 0.5) is 22.1 Å². The lowest BCUT2D eigenvalue weighted by Gasteiger charge is -2.46. The van der Waals surface area contributed by atoms with Gasteiger partial charge in [-0.25, -0.2) is 19.7 Å². The number of aromatic nitrogens is 2. The van der Waals surface area contributed by atoms with E-state index in [0.717, 1.165) is 41.7 Å². The Kier molecular flexibility index (Phi) is 13.8. The highest BCUT2D eigenvalue weighted by molar-refractivity contribution is 6.23. The first-order valence-electron chi connectivity index (χ1n) is 25.5. The number of allylic oxidation sites excluding steroid dienone is 2. The highest BCUT2D eigenvalue weighted by atomic mass is 16.6. The summed E-state index contributed by atoms with van der Waals surface area (Å²) in [5.41, 5.74) is 2.09. The predicted molar refractivity (Wildman–Crippen MR) is 278 cm³/mol. The zero-order valence-electron chi connectivity index (χ0n) is 41.4. The number of benzene rings is 5. The van der Waals surface area contributed by atoms with Crippen LogP contribution in [0.3, 0.4) is 0 Å². The van der Waals surface area contributed by atoms with Gasteiger partial charge < -0.3 is 29.1 Å². The number of fused-ring (bicyclic) bond motifs is 3. The van der Waals surface area contributed by atoms with Gasteiger partial charge >= 0.3 is 12.1 Å². The number of carbonyl (C=O) groups is 4. The number of imide groups is 1. The van der Waals surface area contributed by atoms with E-state index in [1.165, 1.54) is 24.3 Å². The van der Waals surface area contributed by atoms with Crippen LogP contribution in [-0.2, 0) is 35.9 Å². The molecule has 6 unspecified atom stereocenters. The van der Waals surface area contributed by atoms with Crippen LogP contribution in [0.2, 0.25) is 0 Å². The lowest BCUT2D eigenvalue weighted by atomic mass is 9.64. The van der Waals surface area contributed by atoms with E-state index < -0.39 is 64.4 Å². The number of aliphatic hydroxyl groups excluding tert-OH is 1. The van der Waals surface area contributed by atoms with Crippen molar-refractivity contribution in [2.24, 2.45) is 5.92 Å². The Labute approximate surface area is 438 Å². The highest BCUT2D eigenvalue weighted by Crippen LogP contribution is 2.66. The Morgan fingerprint density at radius 3 is 2.18 bits per heavy atom. The summed E-state index contributed by atoms with van der Waals surface area (Å²) >= 11 is 0. The number of aliphatic hydroxyl groups is 1. The van der Waals surface area contributed by atoms with Gasteiger partial charge in [0, 0.05) is 56.3 Å². The second kappa shape index (κ2) is 21.3. The van der Waals surface area contributed by atoms with Crippen molar-refractivity contribution >= 4 is 41.2 Å². The highest BCUT2D eigenvalue weighted by Gasteiger charge is 2.76. The van der Waals surface area contributed by atoms with Crippen molar-refractivity contribution in [3.8, 4) is 17.6 Å². The number of nitro benzene ring substituents is 1. The van der Waals surface area contributed by atoms with Gasteiger partial charge in [-0.05, 0) is 108 Å². The quantitative estimate of drug-likeness (QED) is 0.0568. The van der Waals surface area contributed by atoms with Gasteiger partial charge in [-0.1, -0.05) is 90.7 Å². The number of nitrogens with zero attached hydrogens (tertiary/aromatic N) is 7. The van der Waals surface area contributed by atoms with Crippen molar-refractivity contribution in [3.05, 3.63) is 201 Å². The zero-order valence-corrected chi connectivity index (χ0v) is 41.4. The fourth-order valence-corrected chi connectivity index (χ4v) is 11.7. The number of morpholine rings is 1. The second-order valence-corrected chi connectivity index (χ2v) is 19.3. The standard InChI is InChI=1S/C59H53N7O10/c67-35-36-74-46-26-22-44(23-27-46)53-59(47-37-40(18-17-39-11-4-1-5-12-39)21-28-48(47)64(56(59)70)58(71)75-38-41-19-24-45(25-20-41)66(72)73)49(54(68)62-31-33-63(34-32-62)57-60-29-10-30-61-57)51-55(69)76-52(43-15-8-3-9-16-43)50(65(51)53)42-13-6-2-7-14-42/h2-3,6-11,13-16,19-30,37,49-53,67H,1,4-5,12,31-36,38H2. The van der Waals surface area contributed by atoms with Crippen LogP contribution < -0.4 is 14.5 Å². The molecule has 3 amide bonds. The van der Waals surface area contributed by atoms with Gasteiger partial charge in [0.05, 0.1) is 35.2 Å². The molecule has 0 bridgehead atoms. The summed E-state index contributed by atoms with van der Waals surface area (Å²) in [7, 11) is 0. The number of cyclic esters (lactones) is 1. The van der Waals surface area contributed by atoms with Crippen LogP contribution in [0, 0.1) is 27.9 Å². The molecule has 1 N–H and O–H groups in total. The maximum atomic E-state index is 16.8. The number of hydrogen-bond acceptors (Lipinski definition) is 14. The Bertz CT molecular complexity index is 3250. The molecule has 76 heavy (non-hydrogen) atoms. The van der Waals surface area contributed by atoms with Crippen LogP contribution in [0.25, 0.3) is 0 Å². The van der Waals surface area contributed by atoms with Crippen molar-refractivity contribution in [1.82, 2.24) is 19.8 Å². The van der Waals surface area contributed by atoms with Crippen molar-refractivity contribution in [2.75, 3.05) is 49.2 Å². The largest absolute Gasteiger partial charge is 0.491 e. The molecule has 384 valence electrons. The topological polar surface area (TPSA) is 198 Å². The van der Waals surface area contributed by atoms with Crippen LogP contribution in [0.1, 0.15) is 77.3 Å². The number of ether oxygens (including phenoxy) is 3. The van der Waals surface area contributed by atoms with E-state index in [2.05, 4.69) is 27.9 Å². The molecule has 3 saturated heterocycles. The van der Waals surface area contributed by atoms with Gasteiger partial charge in [0.15, 0.2) is 0 Å². The molecule has 6 atom stereocenters. The average Bonchev–Trinajstić information content (AvgIpc) is 3.99. The van der Waals surface area contributed by atoms with Gasteiger partial charge in [0.25, 0.3) is 5.69 Å². The Hall–Kier alpha value is -8.72. The predicted octanol–water partition coefficient (Wildman–Crippen LogP) is 7.96. The van der Waals surface area contributed by atoms with Gasteiger partial charge in [0.1, 0.15) is 36.5 Å². The number of hydrogen-bond donors (Lipinski definition) is 1. The molecular weight excluding hydrogens is 967 g/mol. The second-order valence-electron chi connectivity index (χ2n) is 19.3. The molecule has 4 aliphatic heterocycles. The average molecular weight is 1020 g/mol. The summed E-state index contributed by atoms with van der Waals surface area (Å²) in [6.07, 6.45) is 7.23. The van der Waals surface area contributed by atoms with Crippen LogP contribution in [0.15, 0.2) is 158 Å². The van der Waals surface area contributed by atoms with E-state index in [-0.39, 0.29) is 44.3 Å². The number of non-ortho nitro benzene ring substituents is 1. The number of esters is 1. The van der Waals surface area contributed by atoms with E-state index >= 15 is 19.2 Å². The molecule has 17 heteroatoms. The van der Waals surface area contributed by atoms with E-state index in [0.29, 0.717) is 52.6 Å². The summed E-state index contributed by atoms with van der Waals surface area (Å²) < 4.78 is 18.5. The monoisotopic (exact) mass is 1020 g/mol. The molecule has 5 aromatic carbocycles. The first-order chi connectivity index (χ1) is 37.1. The summed E-state index contributed by atoms with van der Waals surface area (Å²) in [4.78, 5) is 90.4. The van der Waals surface area contributed by atoms with Gasteiger partial charge in [-0.3, -0.25) is 29.4 Å². The molecule has 0 saturated carbocycles. The molecular formula is C59H53N7O10. The molecule has 11 rings (SSSR count). The number of carbonyl (C=O) groups excluding carboxylic acids is 4. The van der Waals surface area contributed by atoms with Crippen LogP contribution >= 0.6 is 0 Å². The normalized spacial score (nSPS) is 22.9. The Morgan fingerprint density at radius 1 is 0.803 bits per heavy atom. The lowest BCUT2D eigenvalue weighted by Crippen LogP contribution is -2.59.